The Morgan fingerprint density at radius 3 is 3.00 bits per heavy atom. The fourth-order valence-corrected chi connectivity index (χ4v) is 1.32. The largest absolute Gasteiger partial charge is 0.409 e. The number of H-pyrrole nitrogens is 1. The molecule has 0 spiro atoms. The van der Waals surface area contributed by atoms with E-state index in [0.29, 0.717) is 11.3 Å². The first-order valence-corrected chi connectivity index (χ1v) is 4.96. The van der Waals surface area contributed by atoms with Gasteiger partial charge in [-0.1, -0.05) is 17.3 Å². The summed E-state index contributed by atoms with van der Waals surface area (Å²) in [6.07, 6.45) is 1.31. The van der Waals surface area contributed by atoms with E-state index in [1.54, 1.807) is 24.3 Å². The first kappa shape index (κ1) is 11.6. The van der Waals surface area contributed by atoms with E-state index >= 15 is 0 Å². The second kappa shape index (κ2) is 4.95. The van der Waals surface area contributed by atoms with Gasteiger partial charge in [0.15, 0.2) is 11.5 Å². The molecule has 1 heterocycles. The first-order chi connectivity index (χ1) is 8.70. The van der Waals surface area contributed by atoms with Gasteiger partial charge in [-0.2, -0.15) is 15.4 Å². The topological polar surface area (TPSA) is 129 Å². The summed E-state index contributed by atoms with van der Waals surface area (Å²) in [6.45, 7) is 0. The van der Waals surface area contributed by atoms with Crippen LogP contribution < -0.4 is 11.1 Å². The molecule has 0 fully saturated rings. The standard InChI is InChI=1S/C10H10N6O2/c11-9(15-18)6-2-1-3-7(4-6)13-10(17)8-5-12-16-14-8/h1-5,18H,(H2,11,15)(H,13,17)(H,12,14,16). The minimum Gasteiger partial charge on any atom is -0.409 e. The summed E-state index contributed by atoms with van der Waals surface area (Å²) in [4.78, 5) is 11.7. The third-order valence-electron chi connectivity index (χ3n) is 2.17. The van der Waals surface area contributed by atoms with E-state index in [9.17, 15) is 4.79 Å². The van der Waals surface area contributed by atoms with Crippen LogP contribution in [0.2, 0.25) is 0 Å². The zero-order valence-corrected chi connectivity index (χ0v) is 9.16. The molecule has 0 aliphatic heterocycles. The van der Waals surface area contributed by atoms with Crippen LogP contribution in [0, 0.1) is 0 Å². The monoisotopic (exact) mass is 246 g/mol. The maximum absolute atomic E-state index is 11.7. The number of amides is 1. The van der Waals surface area contributed by atoms with E-state index < -0.39 is 5.91 Å². The number of oxime groups is 1. The number of amidine groups is 1. The number of aromatic amines is 1. The zero-order valence-electron chi connectivity index (χ0n) is 9.16. The van der Waals surface area contributed by atoms with Gasteiger partial charge in [-0.3, -0.25) is 4.79 Å². The molecule has 0 saturated carbocycles. The zero-order chi connectivity index (χ0) is 13.0. The minimum absolute atomic E-state index is 0.0347. The highest BCUT2D eigenvalue weighted by Crippen LogP contribution is 2.11. The summed E-state index contributed by atoms with van der Waals surface area (Å²) in [5.41, 5.74) is 6.62. The van der Waals surface area contributed by atoms with Gasteiger partial charge in [0, 0.05) is 11.3 Å². The second-order valence-electron chi connectivity index (χ2n) is 3.38. The lowest BCUT2D eigenvalue weighted by Crippen LogP contribution is -2.15. The van der Waals surface area contributed by atoms with Gasteiger partial charge in [-0.25, -0.2) is 0 Å². The van der Waals surface area contributed by atoms with Gasteiger partial charge in [0.05, 0.1) is 6.20 Å². The molecule has 92 valence electrons. The van der Waals surface area contributed by atoms with E-state index in [-0.39, 0.29) is 11.5 Å². The molecule has 1 amide bonds. The van der Waals surface area contributed by atoms with Crippen molar-refractivity contribution >= 4 is 17.4 Å². The van der Waals surface area contributed by atoms with E-state index in [2.05, 4.69) is 25.9 Å². The Labute approximate surface area is 101 Å². The quantitative estimate of drug-likeness (QED) is 0.265. The van der Waals surface area contributed by atoms with Crippen molar-refractivity contribution in [1.29, 1.82) is 0 Å². The fraction of sp³-hybridized carbons (Fsp3) is 0. The second-order valence-corrected chi connectivity index (χ2v) is 3.38. The van der Waals surface area contributed by atoms with Crippen molar-refractivity contribution < 1.29 is 10.0 Å². The van der Waals surface area contributed by atoms with Crippen LogP contribution in [0.1, 0.15) is 16.1 Å². The molecule has 0 unspecified atom stereocenters. The summed E-state index contributed by atoms with van der Waals surface area (Å²) in [5, 5.41) is 23.6. The number of anilines is 1. The number of carbonyl (C=O) groups is 1. The fourth-order valence-electron chi connectivity index (χ4n) is 1.32. The molecule has 0 radical (unpaired) electrons. The Morgan fingerprint density at radius 2 is 2.33 bits per heavy atom. The Kier molecular flexibility index (Phi) is 3.19. The molecule has 8 nitrogen and oxygen atoms in total. The smallest absolute Gasteiger partial charge is 0.277 e. The van der Waals surface area contributed by atoms with Crippen LogP contribution >= 0.6 is 0 Å². The minimum atomic E-state index is -0.402. The molecular weight excluding hydrogens is 236 g/mol. The lowest BCUT2D eigenvalue weighted by atomic mass is 10.2. The number of nitrogens with two attached hydrogens (primary N) is 1. The van der Waals surface area contributed by atoms with Crippen LogP contribution in [0.25, 0.3) is 0 Å². The summed E-state index contributed by atoms with van der Waals surface area (Å²) < 4.78 is 0. The maximum Gasteiger partial charge on any atom is 0.277 e. The average Bonchev–Trinajstić information content (AvgIpc) is 2.92. The van der Waals surface area contributed by atoms with Crippen LogP contribution in [0.4, 0.5) is 5.69 Å². The first-order valence-electron chi connectivity index (χ1n) is 4.96. The van der Waals surface area contributed by atoms with Gasteiger partial charge in [0.2, 0.25) is 0 Å². The maximum atomic E-state index is 11.7. The van der Waals surface area contributed by atoms with Crippen LogP contribution in [-0.4, -0.2) is 32.4 Å². The lowest BCUT2D eigenvalue weighted by Gasteiger charge is -2.05. The molecule has 0 atom stereocenters. The van der Waals surface area contributed by atoms with E-state index in [1.165, 1.54) is 6.20 Å². The van der Waals surface area contributed by atoms with Crippen molar-refractivity contribution in [3.8, 4) is 0 Å². The van der Waals surface area contributed by atoms with Gasteiger partial charge in [-0.05, 0) is 12.1 Å². The molecule has 2 rings (SSSR count). The van der Waals surface area contributed by atoms with E-state index in [1.807, 2.05) is 0 Å². The summed E-state index contributed by atoms with van der Waals surface area (Å²) in [5.74, 6) is -0.437. The number of hydrogen-bond acceptors (Lipinski definition) is 5. The highest BCUT2D eigenvalue weighted by molar-refractivity contribution is 6.04. The predicted molar refractivity (Wildman–Crippen MR) is 63.3 cm³/mol. The highest BCUT2D eigenvalue weighted by atomic mass is 16.4. The number of nitrogens with one attached hydrogen (secondary N) is 2. The third-order valence-corrected chi connectivity index (χ3v) is 2.17. The predicted octanol–water partition coefficient (Wildman–Crippen LogP) is 0.151. The van der Waals surface area contributed by atoms with Gasteiger partial charge in [-0.15, -0.1) is 0 Å². The molecule has 8 heteroatoms. The van der Waals surface area contributed by atoms with E-state index in [4.69, 9.17) is 10.9 Å². The third kappa shape index (κ3) is 2.43. The normalized spacial score (nSPS) is 11.2. The van der Waals surface area contributed by atoms with Gasteiger partial charge < -0.3 is 16.3 Å². The Balaban J connectivity index is 2.17. The van der Waals surface area contributed by atoms with Crippen LogP contribution in [0.15, 0.2) is 35.6 Å². The molecule has 18 heavy (non-hydrogen) atoms. The van der Waals surface area contributed by atoms with E-state index in [0.717, 1.165) is 0 Å². The molecule has 0 aliphatic carbocycles. The molecular formula is C10H10N6O2. The molecule has 5 N–H and O–H groups in total. The Morgan fingerprint density at radius 1 is 1.50 bits per heavy atom. The van der Waals surface area contributed by atoms with Crippen molar-refractivity contribution in [2.24, 2.45) is 10.9 Å². The highest BCUT2D eigenvalue weighted by Gasteiger charge is 2.09. The molecule has 0 bridgehead atoms. The molecule has 1 aromatic heterocycles. The summed E-state index contributed by atoms with van der Waals surface area (Å²) in [7, 11) is 0. The van der Waals surface area contributed by atoms with Crippen molar-refractivity contribution in [1.82, 2.24) is 15.4 Å². The number of hydrogen-bond donors (Lipinski definition) is 4. The Bertz CT molecular complexity index is 578. The van der Waals surface area contributed by atoms with Crippen LogP contribution in [-0.2, 0) is 0 Å². The van der Waals surface area contributed by atoms with Crippen molar-refractivity contribution in [2.75, 3.05) is 5.32 Å². The molecule has 2 aromatic rings. The number of aromatic nitrogens is 3. The van der Waals surface area contributed by atoms with Gasteiger partial charge in [0.25, 0.3) is 5.91 Å². The average molecular weight is 246 g/mol. The summed E-state index contributed by atoms with van der Waals surface area (Å²) in [6, 6.07) is 6.58. The molecule has 0 saturated heterocycles. The van der Waals surface area contributed by atoms with Gasteiger partial charge in [0.1, 0.15) is 0 Å². The van der Waals surface area contributed by atoms with Gasteiger partial charge >= 0.3 is 0 Å². The number of carbonyl (C=O) groups excluding carboxylic acids is 1. The van der Waals surface area contributed by atoms with Crippen molar-refractivity contribution in [2.45, 2.75) is 0 Å². The van der Waals surface area contributed by atoms with Crippen molar-refractivity contribution in [3.63, 3.8) is 0 Å². The van der Waals surface area contributed by atoms with Crippen molar-refractivity contribution in [3.05, 3.63) is 41.7 Å². The van der Waals surface area contributed by atoms with Crippen LogP contribution in [0.5, 0.6) is 0 Å². The van der Waals surface area contributed by atoms with Crippen LogP contribution in [0.3, 0.4) is 0 Å². The number of rotatable bonds is 3. The molecule has 1 aromatic carbocycles. The number of nitrogens with zero attached hydrogens (tertiary/aromatic N) is 3. The molecule has 0 aliphatic rings. The summed E-state index contributed by atoms with van der Waals surface area (Å²) >= 11 is 0. The SMILES string of the molecule is NC(=NO)c1cccc(NC(=O)c2cn[nH]n2)c1. The Hall–Kier alpha value is -2.90. The number of benzene rings is 1. The lowest BCUT2D eigenvalue weighted by molar-refractivity contribution is 0.102.